The normalized spacial score (nSPS) is 11.1. The molecule has 15 heavy (non-hydrogen) atoms. The zero-order valence-electron chi connectivity index (χ0n) is 9.24. The molecule has 0 aliphatic rings. The number of nitrogens with zero attached hydrogens (tertiary/aromatic N) is 1. The zero-order valence-corrected chi connectivity index (χ0v) is 9.24. The molecule has 1 heterocycles. The van der Waals surface area contributed by atoms with Crippen LogP contribution in [-0.4, -0.2) is 11.1 Å². The summed E-state index contributed by atoms with van der Waals surface area (Å²) in [6.07, 6.45) is 4.50. The third kappa shape index (κ3) is 2.05. The van der Waals surface area contributed by atoms with E-state index in [0.717, 1.165) is 25.9 Å². The largest absolute Gasteiger partial charge is 0.347 e. The number of aromatic nitrogens is 1. The lowest BCUT2D eigenvalue weighted by molar-refractivity contribution is 0.630. The van der Waals surface area contributed by atoms with Crippen molar-refractivity contribution in [1.29, 1.82) is 0 Å². The van der Waals surface area contributed by atoms with E-state index in [1.165, 1.54) is 16.5 Å². The van der Waals surface area contributed by atoms with Crippen LogP contribution in [0.4, 0.5) is 0 Å². The maximum atomic E-state index is 5.50. The van der Waals surface area contributed by atoms with E-state index in [0.29, 0.717) is 0 Å². The Hall–Kier alpha value is -1.28. The second-order valence-corrected chi connectivity index (χ2v) is 4.02. The van der Waals surface area contributed by atoms with Crippen LogP contribution in [0.25, 0.3) is 10.9 Å². The van der Waals surface area contributed by atoms with Gasteiger partial charge in [0.2, 0.25) is 0 Å². The third-order valence-electron chi connectivity index (χ3n) is 2.84. The number of benzene rings is 1. The molecule has 0 saturated heterocycles. The Bertz CT molecular complexity index is 443. The summed E-state index contributed by atoms with van der Waals surface area (Å²) >= 11 is 0. The fourth-order valence-corrected chi connectivity index (χ4v) is 2.04. The molecule has 1 aromatic carbocycles. The van der Waals surface area contributed by atoms with Gasteiger partial charge >= 0.3 is 0 Å². The molecular formula is C13H18N2. The lowest BCUT2D eigenvalue weighted by atomic mass is 10.2. The van der Waals surface area contributed by atoms with Crippen molar-refractivity contribution in [2.24, 2.45) is 5.73 Å². The highest BCUT2D eigenvalue weighted by molar-refractivity contribution is 5.83. The van der Waals surface area contributed by atoms with Gasteiger partial charge < -0.3 is 10.3 Å². The average Bonchev–Trinajstić information content (AvgIpc) is 2.58. The van der Waals surface area contributed by atoms with Crippen molar-refractivity contribution in [3.8, 4) is 0 Å². The Morgan fingerprint density at radius 1 is 1.20 bits per heavy atom. The Morgan fingerprint density at radius 2 is 2.00 bits per heavy atom. The molecule has 0 unspecified atom stereocenters. The van der Waals surface area contributed by atoms with Gasteiger partial charge in [0.15, 0.2) is 0 Å². The van der Waals surface area contributed by atoms with Gasteiger partial charge in [-0.25, -0.2) is 0 Å². The summed E-state index contributed by atoms with van der Waals surface area (Å²) < 4.78 is 2.33. The van der Waals surface area contributed by atoms with Gasteiger partial charge in [-0.1, -0.05) is 18.2 Å². The SMILES string of the molecule is Cc1cn(CCCCN)c2ccccc12. The van der Waals surface area contributed by atoms with E-state index < -0.39 is 0 Å². The van der Waals surface area contributed by atoms with Crippen LogP contribution in [0.3, 0.4) is 0 Å². The Labute approximate surface area is 90.7 Å². The van der Waals surface area contributed by atoms with E-state index in [1.807, 2.05) is 0 Å². The van der Waals surface area contributed by atoms with Gasteiger partial charge in [0, 0.05) is 23.6 Å². The van der Waals surface area contributed by atoms with Crippen LogP contribution in [0.2, 0.25) is 0 Å². The minimum absolute atomic E-state index is 0.790. The number of hydrogen-bond acceptors (Lipinski definition) is 1. The molecule has 2 N–H and O–H groups in total. The van der Waals surface area contributed by atoms with E-state index in [1.54, 1.807) is 0 Å². The van der Waals surface area contributed by atoms with Gasteiger partial charge in [-0.05, 0) is 37.9 Å². The fraction of sp³-hybridized carbons (Fsp3) is 0.385. The number of para-hydroxylation sites is 1. The van der Waals surface area contributed by atoms with Crippen molar-refractivity contribution in [3.63, 3.8) is 0 Å². The first-order chi connectivity index (χ1) is 7.33. The maximum Gasteiger partial charge on any atom is 0.0483 e. The molecule has 2 heteroatoms. The number of rotatable bonds is 4. The molecule has 0 fully saturated rings. The third-order valence-corrected chi connectivity index (χ3v) is 2.84. The van der Waals surface area contributed by atoms with Gasteiger partial charge in [-0.2, -0.15) is 0 Å². The van der Waals surface area contributed by atoms with E-state index >= 15 is 0 Å². The summed E-state index contributed by atoms with van der Waals surface area (Å²) in [5.74, 6) is 0. The zero-order chi connectivity index (χ0) is 10.7. The van der Waals surface area contributed by atoms with Crippen LogP contribution in [0.1, 0.15) is 18.4 Å². The Kier molecular flexibility index (Phi) is 3.07. The molecule has 0 spiro atoms. The summed E-state index contributed by atoms with van der Waals surface area (Å²) in [5, 5.41) is 1.37. The summed E-state index contributed by atoms with van der Waals surface area (Å²) in [5.41, 5.74) is 8.20. The van der Waals surface area contributed by atoms with Crippen LogP contribution in [-0.2, 0) is 6.54 Å². The lowest BCUT2D eigenvalue weighted by Crippen LogP contribution is -2.02. The first-order valence-corrected chi connectivity index (χ1v) is 5.57. The molecule has 1 aromatic heterocycles. The van der Waals surface area contributed by atoms with Crippen LogP contribution in [0.15, 0.2) is 30.5 Å². The van der Waals surface area contributed by atoms with Gasteiger partial charge in [0.1, 0.15) is 0 Å². The minimum Gasteiger partial charge on any atom is -0.347 e. The molecule has 0 bridgehead atoms. The van der Waals surface area contributed by atoms with Gasteiger partial charge in [0.25, 0.3) is 0 Å². The summed E-state index contributed by atoms with van der Waals surface area (Å²) in [6.45, 7) is 4.03. The number of fused-ring (bicyclic) bond motifs is 1. The molecular weight excluding hydrogens is 184 g/mol. The highest BCUT2D eigenvalue weighted by Crippen LogP contribution is 2.20. The summed E-state index contributed by atoms with van der Waals surface area (Å²) in [6, 6.07) is 8.57. The van der Waals surface area contributed by atoms with E-state index in [9.17, 15) is 0 Å². The van der Waals surface area contributed by atoms with Crippen molar-refractivity contribution in [3.05, 3.63) is 36.0 Å². The van der Waals surface area contributed by atoms with Crippen LogP contribution < -0.4 is 5.73 Å². The van der Waals surface area contributed by atoms with Crippen molar-refractivity contribution in [1.82, 2.24) is 4.57 Å². The predicted octanol–water partition coefficient (Wildman–Crippen LogP) is 2.69. The van der Waals surface area contributed by atoms with Crippen molar-refractivity contribution in [2.75, 3.05) is 6.54 Å². The van der Waals surface area contributed by atoms with Crippen LogP contribution in [0, 0.1) is 6.92 Å². The number of hydrogen-bond donors (Lipinski definition) is 1. The highest BCUT2D eigenvalue weighted by Gasteiger charge is 2.03. The van der Waals surface area contributed by atoms with Gasteiger partial charge in [-0.3, -0.25) is 0 Å². The second-order valence-electron chi connectivity index (χ2n) is 4.02. The topological polar surface area (TPSA) is 30.9 Å². The molecule has 2 rings (SSSR count). The molecule has 0 radical (unpaired) electrons. The molecule has 0 amide bonds. The second kappa shape index (κ2) is 4.49. The number of unbranched alkanes of at least 4 members (excludes halogenated alkanes) is 1. The maximum absolute atomic E-state index is 5.50. The van der Waals surface area contributed by atoms with Crippen molar-refractivity contribution in [2.45, 2.75) is 26.3 Å². The van der Waals surface area contributed by atoms with E-state index in [4.69, 9.17) is 5.73 Å². The smallest absolute Gasteiger partial charge is 0.0483 e. The lowest BCUT2D eigenvalue weighted by Gasteiger charge is -2.03. The predicted molar refractivity (Wildman–Crippen MR) is 65.0 cm³/mol. The molecule has 0 atom stereocenters. The molecule has 0 aliphatic carbocycles. The monoisotopic (exact) mass is 202 g/mol. The van der Waals surface area contributed by atoms with Crippen molar-refractivity contribution < 1.29 is 0 Å². The first kappa shape index (κ1) is 10.2. The summed E-state index contributed by atoms with van der Waals surface area (Å²) in [7, 11) is 0. The minimum atomic E-state index is 0.790. The highest BCUT2D eigenvalue weighted by atomic mass is 15.0. The summed E-state index contributed by atoms with van der Waals surface area (Å²) in [4.78, 5) is 0. The quantitative estimate of drug-likeness (QED) is 0.759. The Balaban J connectivity index is 2.27. The molecule has 2 nitrogen and oxygen atoms in total. The first-order valence-electron chi connectivity index (χ1n) is 5.57. The average molecular weight is 202 g/mol. The number of nitrogens with two attached hydrogens (primary N) is 1. The van der Waals surface area contributed by atoms with Crippen LogP contribution in [0.5, 0.6) is 0 Å². The van der Waals surface area contributed by atoms with E-state index in [2.05, 4.69) is 42.0 Å². The fourth-order valence-electron chi connectivity index (χ4n) is 2.04. The molecule has 0 saturated carbocycles. The van der Waals surface area contributed by atoms with E-state index in [-0.39, 0.29) is 0 Å². The van der Waals surface area contributed by atoms with Gasteiger partial charge in [0.05, 0.1) is 0 Å². The molecule has 2 aromatic rings. The van der Waals surface area contributed by atoms with Crippen molar-refractivity contribution >= 4 is 10.9 Å². The Morgan fingerprint density at radius 3 is 2.80 bits per heavy atom. The molecule has 80 valence electrons. The molecule has 0 aliphatic heterocycles. The van der Waals surface area contributed by atoms with Crippen LogP contribution >= 0.6 is 0 Å². The van der Waals surface area contributed by atoms with Gasteiger partial charge in [-0.15, -0.1) is 0 Å². The number of aryl methyl sites for hydroxylation is 2. The standard InChI is InChI=1S/C13H18N2/c1-11-10-15(9-5-4-8-14)13-7-3-2-6-12(11)13/h2-3,6-7,10H,4-5,8-9,14H2,1H3.